The van der Waals surface area contributed by atoms with Crippen LogP contribution >= 0.6 is 0 Å². The van der Waals surface area contributed by atoms with Crippen LogP contribution in [-0.4, -0.2) is 29.2 Å². The average Bonchev–Trinajstić information content (AvgIpc) is 1.83. The van der Waals surface area contributed by atoms with Gasteiger partial charge < -0.3 is 10.2 Å². The monoisotopic (exact) mass is 118 g/mol. The summed E-state index contributed by atoms with van der Waals surface area (Å²) in [5.41, 5.74) is 0. The van der Waals surface area contributed by atoms with Crippen LogP contribution in [0.4, 0.5) is 0 Å². The molecule has 0 unspecified atom stereocenters. The Morgan fingerprint density at radius 3 is 2.38 bits per heavy atom. The summed E-state index contributed by atoms with van der Waals surface area (Å²) >= 11 is 0. The third-order valence-corrected chi connectivity index (χ3v) is 0.790. The lowest BCUT2D eigenvalue weighted by atomic mass is 10.2. The molecule has 0 aromatic heterocycles. The number of aliphatic hydroxyl groups excluding tert-OH is 2. The maximum Gasteiger partial charge on any atom is 0.158 e. The molecule has 2 N–H and O–H groups in total. The number of hydrogen-bond acceptors (Lipinski definition) is 3. The van der Waals surface area contributed by atoms with Crippen molar-refractivity contribution in [3.63, 3.8) is 0 Å². The molecule has 0 saturated carbocycles. The van der Waals surface area contributed by atoms with Gasteiger partial charge in [0, 0.05) is 13.0 Å². The molecule has 0 aliphatic carbocycles. The van der Waals surface area contributed by atoms with Crippen LogP contribution in [0.1, 0.15) is 12.8 Å². The third kappa shape index (κ3) is 3.77. The van der Waals surface area contributed by atoms with Crippen molar-refractivity contribution in [1.82, 2.24) is 0 Å². The molecule has 0 saturated heterocycles. The fraction of sp³-hybridized carbons (Fsp3) is 0.800. The minimum absolute atomic E-state index is 0.0196. The molecule has 3 nitrogen and oxygen atoms in total. The van der Waals surface area contributed by atoms with Crippen molar-refractivity contribution in [1.29, 1.82) is 0 Å². The molecule has 0 spiro atoms. The van der Waals surface area contributed by atoms with E-state index in [0.717, 1.165) is 0 Å². The molecule has 8 heavy (non-hydrogen) atoms. The van der Waals surface area contributed by atoms with Gasteiger partial charge in [0.05, 0.1) is 0 Å². The van der Waals surface area contributed by atoms with Crippen LogP contribution in [0.3, 0.4) is 0 Å². The second-order valence-corrected chi connectivity index (χ2v) is 1.52. The van der Waals surface area contributed by atoms with Crippen molar-refractivity contribution < 1.29 is 15.0 Å². The molecule has 0 bridgehead atoms. The van der Waals surface area contributed by atoms with Crippen LogP contribution < -0.4 is 0 Å². The first-order chi connectivity index (χ1) is 3.81. The van der Waals surface area contributed by atoms with E-state index >= 15 is 0 Å². The normalized spacial score (nSPS) is 9.25. The summed E-state index contributed by atoms with van der Waals surface area (Å²) in [6.07, 6.45) is 0.742. The first kappa shape index (κ1) is 7.59. The van der Waals surface area contributed by atoms with E-state index in [-0.39, 0.29) is 18.8 Å². The summed E-state index contributed by atoms with van der Waals surface area (Å²) < 4.78 is 0. The summed E-state index contributed by atoms with van der Waals surface area (Å²) in [5, 5.41) is 16.3. The number of carbonyl (C=O) groups is 1. The van der Waals surface area contributed by atoms with Crippen molar-refractivity contribution in [2.75, 3.05) is 13.2 Å². The van der Waals surface area contributed by atoms with E-state index in [4.69, 9.17) is 10.2 Å². The first-order valence-corrected chi connectivity index (χ1v) is 2.54. The van der Waals surface area contributed by atoms with Crippen LogP contribution in [0.15, 0.2) is 0 Å². The minimum atomic E-state index is -0.403. The quantitative estimate of drug-likeness (QED) is 0.514. The molecule has 0 aromatic carbocycles. The summed E-state index contributed by atoms with van der Waals surface area (Å²) in [6.45, 7) is -0.383. The molecular formula is C5H10O3. The molecule has 0 aromatic rings. The molecule has 0 aliphatic rings. The number of Topliss-reactive ketones (excluding diaryl/α,β-unsaturated/α-hetero) is 1. The molecule has 48 valence electrons. The minimum Gasteiger partial charge on any atom is -0.396 e. The van der Waals surface area contributed by atoms with Gasteiger partial charge in [0.15, 0.2) is 5.78 Å². The van der Waals surface area contributed by atoms with E-state index in [9.17, 15) is 4.79 Å². The smallest absolute Gasteiger partial charge is 0.158 e. The van der Waals surface area contributed by atoms with Crippen LogP contribution in [0.2, 0.25) is 0 Å². The molecule has 0 aliphatic heterocycles. The predicted molar refractivity (Wildman–Crippen MR) is 28.4 cm³/mol. The highest BCUT2D eigenvalue weighted by Gasteiger charge is 1.95. The van der Waals surface area contributed by atoms with E-state index in [0.29, 0.717) is 6.42 Å². The van der Waals surface area contributed by atoms with Crippen molar-refractivity contribution >= 4 is 5.78 Å². The number of aliphatic hydroxyl groups is 2. The molecule has 0 rings (SSSR count). The Morgan fingerprint density at radius 2 is 2.00 bits per heavy atom. The lowest BCUT2D eigenvalue weighted by molar-refractivity contribution is -0.122. The third-order valence-electron chi connectivity index (χ3n) is 0.790. The Labute approximate surface area is 47.9 Å². The highest BCUT2D eigenvalue weighted by Crippen LogP contribution is 1.86. The number of ketones is 1. The maximum absolute atomic E-state index is 10.2. The van der Waals surface area contributed by atoms with E-state index in [1.54, 1.807) is 0 Å². The van der Waals surface area contributed by atoms with E-state index in [1.165, 1.54) is 0 Å². The van der Waals surface area contributed by atoms with E-state index in [1.807, 2.05) is 0 Å². The van der Waals surface area contributed by atoms with Gasteiger partial charge in [-0.15, -0.1) is 0 Å². The number of rotatable bonds is 4. The lowest BCUT2D eigenvalue weighted by Gasteiger charge is -1.90. The Balaban J connectivity index is 2.99. The Morgan fingerprint density at radius 1 is 1.38 bits per heavy atom. The SMILES string of the molecule is O=C(CO)CCCO. The van der Waals surface area contributed by atoms with Gasteiger partial charge in [0.25, 0.3) is 0 Å². The molecule has 0 amide bonds. The van der Waals surface area contributed by atoms with Crippen molar-refractivity contribution in [3.05, 3.63) is 0 Å². The number of carbonyl (C=O) groups excluding carboxylic acids is 1. The Bertz CT molecular complexity index is 70.1. The van der Waals surface area contributed by atoms with Crippen LogP contribution in [0.25, 0.3) is 0 Å². The highest BCUT2D eigenvalue weighted by atomic mass is 16.3. The molecular weight excluding hydrogens is 108 g/mol. The maximum atomic E-state index is 10.2. The first-order valence-electron chi connectivity index (χ1n) is 2.54. The van der Waals surface area contributed by atoms with Gasteiger partial charge in [-0.1, -0.05) is 0 Å². The zero-order valence-electron chi connectivity index (χ0n) is 4.63. The van der Waals surface area contributed by atoms with Crippen LogP contribution in [0.5, 0.6) is 0 Å². The van der Waals surface area contributed by atoms with Crippen molar-refractivity contribution in [2.45, 2.75) is 12.8 Å². The van der Waals surface area contributed by atoms with Gasteiger partial charge in [0.2, 0.25) is 0 Å². The van der Waals surface area contributed by atoms with E-state index < -0.39 is 6.61 Å². The number of hydrogen-bond donors (Lipinski definition) is 2. The van der Waals surface area contributed by atoms with Gasteiger partial charge in [-0.05, 0) is 6.42 Å². The average molecular weight is 118 g/mol. The Hall–Kier alpha value is -0.410. The topological polar surface area (TPSA) is 57.5 Å². The summed E-state index contributed by atoms with van der Waals surface area (Å²) in [7, 11) is 0. The molecule has 3 heteroatoms. The fourth-order valence-electron chi connectivity index (χ4n) is 0.355. The Kier molecular flexibility index (Phi) is 4.50. The zero-order chi connectivity index (χ0) is 6.41. The van der Waals surface area contributed by atoms with E-state index in [2.05, 4.69) is 0 Å². The fourth-order valence-corrected chi connectivity index (χ4v) is 0.355. The standard InChI is InChI=1S/C5H10O3/c6-3-1-2-5(8)4-7/h6-7H,1-4H2. The second kappa shape index (κ2) is 4.74. The predicted octanol–water partition coefficient (Wildman–Crippen LogP) is -0.680. The van der Waals surface area contributed by atoms with Gasteiger partial charge in [-0.2, -0.15) is 0 Å². The molecule has 0 radical (unpaired) electrons. The molecule has 0 atom stereocenters. The summed E-state index contributed by atoms with van der Waals surface area (Å²) in [4.78, 5) is 10.2. The second-order valence-electron chi connectivity index (χ2n) is 1.52. The summed E-state index contributed by atoms with van der Waals surface area (Å²) in [5.74, 6) is -0.209. The van der Waals surface area contributed by atoms with Crippen molar-refractivity contribution in [2.24, 2.45) is 0 Å². The lowest BCUT2D eigenvalue weighted by Crippen LogP contribution is -2.03. The zero-order valence-corrected chi connectivity index (χ0v) is 4.63. The van der Waals surface area contributed by atoms with Crippen LogP contribution in [-0.2, 0) is 4.79 Å². The largest absolute Gasteiger partial charge is 0.396 e. The van der Waals surface area contributed by atoms with Gasteiger partial charge in [0.1, 0.15) is 6.61 Å². The van der Waals surface area contributed by atoms with Gasteiger partial charge in [-0.25, -0.2) is 0 Å². The van der Waals surface area contributed by atoms with Crippen LogP contribution in [0, 0.1) is 0 Å². The van der Waals surface area contributed by atoms with Crippen molar-refractivity contribution in [3.8, 4) is 0 Å². The molecule has 0 fully saturated rings. The highest BCUT2D eigenvalue weighted by molar-refractivity contribution is 5.79. The summed E-state index contributed by atoms with van der Waals surface area (Å²) in [6, 6.07) is 0. The van der Waals surface area contributed by atoms with Gasteiger partial charge >= 0.3 is 0 Å². The van der Waals surface area contributed by atoms with Gasteiger partial charge in [-0.3, -0.25) is 4.79 Å². The molecule has 0 heterocycles.